The first-order valence-corrected chi connectivity index (χ1v) is 5.08. The predicted octanol–water partition coefficient (Wildman–Crippen LogP) is 0.903. The number of hydrogen-bond donors (Lipinski definition) is 0. The average Bonchev–Trinajstić information content (AvgIpc) is 2.41. The molecule has 1 heterocycles. The minimum atomic E-state index is -0.991. The van der Waals surface area contributed by atoms with Crippen LogP contribution in [0.2, 0.25) is 0 Å². The molecule has 0 saturated carbocycles. The van der Waals surface area contributed by atoms with Crippen molar-refractivity contribution >= 4 is 17.7 Å². The number of hydrogen-bond acceptors (Lipinski definition) is 3. The van der Waals surface area contributed by atoms with Crippen molar-refractivity contribution in [2.45, 2.75) is 26.7 Å². The second-order valence-electron chi connectivity index (χ2n) is 2.79. The van der Waals surface area contributed by atoms with Crippen molar-refractivity contribution in [2.75, 3.05) is 11.5 Å². The fraction of sp³-hybridized carbons (Fsp3) is 0.875. The topological polar surface area (TPSA) is 40.1 Å². The number of rotatable bonds is 1. The minimum Gasteiger partial charge on any atom is -0.550 e. The predicted molar refractivity (Wildman–Crippen MR) is 46.4 cm³/mol. The summed E-state index contributed by atoms with van der Waals surface area (Å²) in [7, 11) is 0. The number of thioether (sulfide) groups is 1. The van der Waals surface area contributed by atoms with Crippen molar-refractivity contribution in [3.8, 4) is 0 Å². The number of aliphatic carboxylic acids is 1. The third kappa shape index (κ3) is 10.6. The van der Waals surface area contributed by atoms with Gasteiger partial charge >= 0.3 is 22.4 Å². The molecular weight excluding hydrogens is 357 g/mol. The van der Waals surface area contributed by atoms with Gasteiger partial charge < -0.3 is 9.90 Å². The van der Waals surface area contributed by atoms with Gasteiger partial charge in [-0.15, -0.1) is 0 Å². The Balaban J connectivity index is 0. The van der Waals surface area contributed by atoms with Crippen molar-refractivity contribution in [3.63, 3.8) is 0 Å². The standard InChI is InChI=1S/C4H8O2.C4H8S.Au/c1-3(2)4(5)6;1-2-4-5-3-1;/h3H,1-2H3,(H,5,6);1-4H2;/q;;+1/p-1. The van der Waals surface area contributed by atoms with Crippen LogP contribution in [0, 0.1) is 5.92 Å². The monoisotopic (exact) mass is 372 g/mol. The van der Waals surface area contributed by atoms with E-state index in [2.05, 4.69) is 11.8 Å². The van der Waals surface area contributed by atoms with Gasteiger partial charge in [-0.3, -0.25) is 0 Å². The molecule has 0 unspecified atom stereocenters. The smallest absolute Gasteiger partial charge is 0.550 e. The quantitative estimate of drug-likeness (QED) is 0.643. The van der Waals surface area contributed by atoms with E-state index < -0.39 is 5.97 Å². The molecule has 76 valence electrons. The van der Waals surface area contributed by atoms with Gasteiger partial charge in [0.25, 0.3) is 0 Å². The van der Waals surface area contributed by atoms with Crippen molar-refractivity contribution in [1.29, 1.82) is 0 Å². The Bertz CT molecular complexity index is 106. The molecule has 0 aromatic rings. The number of carbonyl (C=O) groups excluding carboxylic acids is 1. The largest absolute Gasteiger partial charge is 1.00 e. The molecule has 1 saturated heterocycles. The fourth-order valence-corrected chi connectivity index (χ4v) is 1.53. The van der Waals surface area contributed by atoms with Gasteiger partial charge in [-0.2, -0.15) is 11.8 Å². The van der Waals surface area contributed by atoms with Gasteiger partial charge in [-0.1, -0.05) is 13.8 Å². The fourth-order valence-electron chi connectivity index (χ4n) is 0.510. The van der Waals surface area contributed by atoms with E-state index in [-0.39, 0.29) is 28.3 Å². The molecule has 0 aromatic heterocycles. The molecule has 12 heavy (non-hydrogen) atoms. The third-order valence-corrected chi connectivity index (χ3v) is 2.45. The molecule has 0 amide bonds. The van der Waals surface area contributed by atoms with Crippen LogP contribution < -0.4 is 5.11 Å². The molecule has 1 fully saturated rings. The molecule has 4 heteroatoms. The van der Waals surface area contributed by atoms with Crippen LogP contribution in [0.25, 0.3) is 0 Å². The van der Waals surface area contributed by atoms with Gasteiger partial charge in [0, 0.05) is 5.97 Å². The van der Waals surface area contributed by atoms with E-state index in [1.165, 1.54) is 24.3 Å². The summed E-state index contributed by atoms with van der Waals surface area (Å²) in [6.07, 6.45) is 2.93. The maximum Gasteiger partial charge on any atom is 1.00 e. The maximum absolute atomic E-state index is 9.59. The number of carboxylic acid groups (broad SMARTS) is 1. The first kappa shape index (κ1) is 15.1. The Labute approximate surface area is 94.0 Å². The van der Waals surface area contributed by atoms with Crippen LogP contribution in [0.5, 0.6) is 0 Å². The Morgan fingerprint density at radius 2 is 1.67 bits per heavy atom. The summed E-state index contributed by atoms with van der Waals surface area (Å²) < 4.78 is 0. The minimum absolute atomic E-state index is 0. The molecule has 0 aromatic carbocycles. The molecule has 1 rings (SSSR count). The van der Waals surface area contributed by atoms with Gasteiger partial charge in [0.1, 0.15) is 0 Å². The molecule has 0 radical (unpaired) electrons. The average molecular weight is 372 g/mol. The van der Waals surface area contributed by atoms with Crippen LogP contribution in [0.15, 0.2) is 0 Å². The van der Waals surface area contributed by atoms with Gasteiger partial charge in [-0.25, -0.2) is 0 Å². The molecule has 0 aliphatic carbocycles. The molecule has 1 aliphatic heterocycles. The van der Waals surface area contributed by atoms with Crippen molar-refractivity contribution in [3.05, 3.63) is 0 Å². The zero-order valence-electron chi connectivity index (χ0n) is 7.43. The van der Waals surface area contributed by atoms with Crippen molar-refractivity contribution in [2.24, 2.45) is 5.92 Å². The van der Waals surface area contributed by atoms with Crippen LogP contribution in [-0.4, -0.2) is 17.5 Å². The van der Waals surface area contributed by atoms with Crippen LogP contribution in [-0.2, 0) is 27.2 Å². The van der Waals surface area contributed by atoms with Gasteiger partial charge in [-0.05, 0) is 30.3 Å². The van der Waals surface area contributed by atoms with Gasteiger partial charge in [0.2, 0.25) is 0 Å². The number of carboxylic acids is 1. The van der Waals surface area contributed by atoms with E-state index in [0.29, 0.717) is 0 Å². The van der Waals surface area contributed by atoms with E-state index in [4.69, 9.17) is 0 Å². The maximum atomic E-state index is 9.59. The summed E-state index contributed by atoms with van der Waals surface area (Å²) in [4.78, 5) is 9.59. The third-order valence-electron chi connectivity index (χ3n) is 1.30. The van der Waals surface area contributed by atoms with Crippen LogP contribution in [0.1, 0.15) is 26.7 Å². The molecule has 0 N–H and O–H groups in total. The van der Waals surface area contributed by atoms with E-state index in [0.717, 1.165) is 0 Å². The van der Waals surface area contributed by atoms with Crippen LogP contribution >= 0.6 is 11.8 Å². The van der Waals surface area contributed by atoms with Crippen LogP contribution in [0.3, 0.4) is 0 Å². The first-order chi connectivity index (χ1) is 5.14. The molecular formula is C8H15AuO2S. The Morgan fingerprint density at radius 3 is 1.75 bits per heavy atom. The molecule has 1 aliphatic rings. The van der Waals surface area contributed by atoms with Gasteiger partial charge in [0.05, 0.1) is 0 Å². The van der Waals surface area contributed by atoms with Gasteiger partial charge in [0.15, 0.2) is 0 Å². The molecule has 0 spiro atoms. The van der Waals surface area contributed by atoms with E-state index >= 15 is 0 Å². The van der Waals surface area contributed by atoms with E-state index in [1.807, 2.05) is 0 Å². The van der Waals surface area contributed by atoms with Crippen LogP contribution in [0.4, 0.5) is 0 Å². The zero-order chi connectivity index (χ0) is 8.69. The Hall–Kier alpha value is 0.560. The normalized spacial score (nSPS) is 14.6. The molecule has 0 bridgehead atoms. The summed E-state index contributed by atoms with van der Waals surface area (Å²) in [6, 6.07) is 0. The number of carbonyl (C=O) groups is 1. The Kier molecular flexibility index (Phi) is 12.1. The SMILES string of the molecule is C1CCSC1.CC(C)C(=O)[O-].[Au+]. The summed E-state index contributed by atoms with van der Waals surface area (Å²) in [6.45, 7) is 3.16. The molecule has 2 nitrogen and oxygen atoms in total. The first-order valence-electron chi connectivity index (χ1n) is 3.93. The zero-order valence-corrected chi connectivity index (χ0v) is 10.4. The summed E-state index contributed by atoms with van der Waals surface area (Å²) in [5.74, 6) is 1.50. The summed E-state index contributed by atoms with van der Waals surface area (Å²) >= 11 is 2.07. The summed E-state index contributed by atoms with van der Waals surface area (Å²) in [5.41, 5.74) is 0. The second-order valence-corrected chi connectivity index (χ2v) is 4.02. The van der Waals surface area contributed by atoms with E-state index in [9.17, 15) is 9.90 Å². The van der Waals surface area contributed by atoms with E-state index in [1.54, 1.807) is 13.8 Å². The Morgan fingerprint density at radius 1 is 1.33 bits per heavy atom. The molecule has 0 atom stereocenters. The summed E-state index contributed by atoms with van der Waals surface area (Å²) in [5, 5.41) is 9.59. The second kappa shape index (κ2) is 9.65. The van der Waals surface area contributed by atoms with Crippen molar-refractivity contribution in [1.82, 2.24) is 0 Å². The van der Waals surface area contributed by atoms with Crippen molar-refractivity contribution < 1.29 is 32.3 Å².